The predicted molar refractivity (Wildman–Crippen MR) is 91.7 cm³/mol. The third kappa shape index (κ3) is 3.35. The van der Waals surface area contributed by atoms with E-state index in [1.807, 2.05) is 11.3 Å². The van der Waals surface area contributed by atoms with Crippen LogP contribution in [0.3, 0.4) is 0 Å². The minimum Gasteiger partial charge on any atom is -0.327 e. The van der Waals surface area contributed by atoms with Gasteiger partial charge in [0.15, 0.2) is 0 Å². The first-order valence-electron chi connectivity index (χ1n) is 8.75. The molecule has 4 atom stereocenters. The lowest BCUT2D eigenvalue weighted by Gasteiger charge is -2.41. The highest BCUT2D eigenvalue weighted by Crippen LogP contribution is 2.36. The van der Waals surface area contributed by atoms with Crippen LogP contribution in [0.15, 0.2) is 11.4 Å². The summed E-state index contributed by atoms with van der Waals surface area (Å²) in [5.41, 5.74) is 8.02. The second-order valence-corrected chi connectivity index (χ2v) is 8.11. The van der Waals surface area contributed by atoms with Crippen LogP contribution in [0, 0.1) is 11.8 Å². The van der Waals surface area contributed by atoms with Gasteiger partial charge in [0, 0.05) is 30.1 Å². The normalized spacial score (nSPS) is 33.9. The SMILES string of the molecule is CCCC1CCC(N)C(CN2CCc3sccc3C2C)C1. The first-order valence-corrected chi connectivity index (χ1v) is 9.62. The summed E-state index contributed by atoms with van der Waals surface area (Å²) < 4.78 is 0. The van der Waals surface area contributed by atoms with Crippen molar-refractivity contribution in [2.24, 2.45) is 17.6 Å². The highest BCUT2D eigenvalue weighted by Gasteiger charge is 2.32. The first-order chi connectivity index (χ1) is 10.2. The molecular formula is C18H30N2S. The summed E-state index contributed by atoms with van der Waals surface area (Å²) in [6, 6.07) is 3.34. The van der Waals surface area contributed by atoms with E-state index in [2.05, 4.69) is 30.2 Å². The van der Waals surface area contributed by atoms with Crippen molar-refractivity contribution >= 4 is 11.3 Å². The molecule has 2 N–H and O–H groups in total. The van der Waals surface area contributed by atoms with Gasteiger partial charge in [-0.2, -0.15) is 0 Å². The molecule has 0 amide bonds. The van der Waals surface area contributed by atoms with E-state index < -0.39 is 0 Å². The Bertz CT molecular complexity index is 456. The van der Waals surface area contributed by atoms with Crippen LogP contribution in [0.2, 0.25) is 0 Å². The van der Waals surface area contributed by atoms with Crippen molar-refractivity contribution in [3.8, 4) is 0 Å². The molecule has 0 saturated heterocycles. The molecule has 1 aliphatic heterocycles. The first kappa shape index (κ1) is 15.5. The van der Waals surface area contributed by atoms with E-state index in [9.17, 15) is 0 Å². The summed E-state index contributed by atoms with van der Waals surface area (Å²) in [5, 5.41) is 2.26. The molecule has 3 heteroatoms. The Morgan fingerprint density at radius 3 is 3.05 bits per heavy atom. The summed E-state index contributed by atoms with van der Waals surface area (Å²) in [4.78, 5) is 4.30. The number of hydrogen-bond donors (Lipinski definition) is 1. The molecule has 2 aliphatic rings. The molecule has 0 radical (unpaired) electrons. The molecule has 0 bridgehead atoms. The van der Waals surface area contributed by atoms with Gasteiger partial charge in [-0.1, -0.05) is 19.8 Å². The Labute approximate surface area is 133 Å². The van der Waals surface area contributed by atoms with Gasteiger partial charge < -0.3 is 5.73 Å². The van der Waals surface area contributed by atoms with Gasteiger partial charge in [-0.15, -0.1) is 11.3 Å². The summed E-state index contributed by atoms with van der Waals surface area (Å²) >= 11 is 1.93. The molecule has 1 fully saturated rings. The smallest absolute Gasteiger partial charge is 0.0331 e. The van der Waals surface area contributed by atoms with Crippen LogP contribution in [-0.2, 0) is 6.42 Å². The van der Waals surface area contributed by atoms with Crippen LogP contribution in [0.25, 0.3) is 0 Å². The maximum absolute atomic E-state index is 6.45. The van der Waals surface area contributed by atoms with E-state index in [-0.39, 0.29) is 0 Å². The molecule has 2 nitrogen and oxygen atoms in total. The van der Waals surface area contributed by atoms with Gasteiger partial charge >= 0.3 is 0 Å². The van der Waals surface area contributed by atoms with Gasteiger partial charge in [-0.3, -0.25) is 4.90 Å². The van der Waals surface area contributed by atoms with E-state index >= 15 is 0 Å². The average molecular weight is 307 g/mol. The molecule has 0 aromatic carbocycles. The van der Waals surface area contributed by atoms with Crippen molar-refractivity contribution in [1.82, 2.24) is 4.90 Å². The monoisotopic (exact) mass is 306 g/mol. The fourth-order valence-electron chi connectivity index (χ4n) is 4.38. The van der Waals surface area contributed by atoms with E-state index in [0.717, 1.165) is 5.92 Å². The van der Waals surface area contributed by atoms with E-state index in [1.54, 1.807) is 10.4 Å². The Balaban J connectivity index is 1.63. The number of nitrogens with two attached hydrogens (primary N) is 1. The Hall–Kier alpha value is -0.380. The largest absolute Gasteiger partial charge is 0.327 e. The number of hydrogen-bond acceptors (Lipinski definition) is 3. The molecule has 3 rings (SSSR count). The second-order valence-electron chi connectivity index (χ2n) is 7.11. The van der Waals surface area contributed by atoms with Gasteiger partial charge in [0.1, 0.15) is 0 Å². The van der Waals surface area contributed by atoms with E-state index in [1.165, 1.54) is 51.6 Å². The molecular weight excluding hydrogens is 276 g/mol. The average Bonchev–Trinajstić information content (AvgIpc) is 2.95. The van der Waals surface area contributed by atoms with Gasteiger partial charge in [0.2, 0.25) is 0 Å². The van der Waals surface area contributed by atoms with Crippen LogP contribution < -0.4 is 5.73 Å². The summed E-state index contributed by atoms with van der Waals surface area (Å²) in [6.45, 7) is 7.12. The standard InChI is InChI=1S/C18H30N2S/c1-3-4-14-5-6-17(19)15(11-14)12-20-9-7-18-16(13(20)2)8-10-21-18/h8,10,13-15,17H,3-7,9,11-12,19H2,1-2H3. The van der Waals surface area contributed by atoms with Crippen molar-refractivity contribution < 1.29 is 0 Å². The van der Waals surface area contributed by atoms with Crippen LogP contribution in [-0.4, -0.2) is 24.0 Å². The lowest BCUT2D eigenvalue weighted by molar-refractivity contribution is 0.119. The van der Waals surface area contributed by atoms with Crippen molar-refractivity contribution in [2.45, 2.75) is 64.5 Å². The lowest BCUT2D eigenvalue weighted by atomic mass is 9.76. The van der Waals surface area contributed by atoms with Crippen LogP contribution in [0.5, 0.6) is 0 Å². The lowest BCUT2D eigenvalue weighted by Crippen LogP contribution is -2.45. The van der Waals surface area contributed by atoms with E-state index in [4.69, 9.17) is 5.73 Å². The van der Waals surface area contributed by atoms with Gasteiger partial charge in [-0.05, 0) is 61.5 Å². The topological polar surface area (TPSA) is 29.3 Å². The molecule has 1 saturated carbocycles. The summed E-state index contributed by atoms with van der Waals surface area (Å²) in [7, 11) is 0. The number of nitrogens with zero attached hydrogens (tertiary/aromatic N) is 1. The molecule has 118 valence electrons. The zero-order chi connectivity index (χ0) is 14.8. The molecule has 2 heterocycles. The fourth-order valence-corrected chi connectivity index (χ4v) is 5.34. The highest BCUT2D eigenvalue weighted by atomic mass is 32.1. The van der Waals surface area contributed by atoms with Gasteiger partial charge in [-0.25, -0.2) is 0 Å². The Morgan fingerprint density at radius 2 is 2.24 bits per heavy atom. The molecule has 1 aromatic heterocycles. The fraction of sp³-hybridized carbons (Fsp3) is 0.778. The summed E-state index contributed by atoms with van der Waals surface area (Å²) in [6.07, 6.45) is 7.90. The van der Waals surface area contributed by atoms with Crippen molar-refractivity contribution in [3.05, 3.63) is 21.9 Å². The predicted octanol–water partition coefficient (Wildman–Crippen LogP) is 4.21. The quantitative estimate of drug-likeness (QED) is 0.903. The van der Waals surface area contributed by atoms with E-state index in [0.29, 0.717) is 18.0 Å². The molecule has 4 unspecified atom stereocenters. The zero-order valence-corrected chi connectivity index (χ0v) is 14.4. The molecule has 21 heavy (non-hydrogen) atoms. The number of rotatable bonds is 4. The highest BCUT2D eigenvalue weighted by molar-refractivity contribution is 7.10. The van der Waals surface area contributed by atoms with Gasteiger partial charge in [0.25, 0.3) is 0 Å². The zero-order valence-electron chi connectivity index (χ0n) is 13.6. The van der Waals surface area contributed by atoms with Crippen molar-refractivity contribution in [1.29, 1.82) is 0 Å². The maximum Gasteiger partial charge on any atom is 0.0331 e. The maximum atomic E-state index is 6.45. The van der Waals surface area contributed by atoms with Crippen LogP contribution >= 0.6 is 11.3 Å². The third-order valence-corrected chi connectivity index (χ3v) is 6.72. The Morgan fingerprint density at radius 1 is 1.38 bits per heavy atom. The minimum atomic E-state index is 0.425. The third-order valence-electron chi connectivity index (χ3n) is 5.72. The van der Waals surface area contributed by atoms with Gasteiger partial charge in [0.05, 0.1) is 0 Å². The second kappa shape index (κ2) is 6.80. The minimum absolute atomic E-state index is 0.425. The van der Waals surface area contributed by atoms with Crippen LogP contribution in [0.4, 0.5) is 0 Å². The van der Waals surface area contributed by atoms with Crippen molar-refractivity contribution in [3.63, 3.8) is 0 Å². The van der Waals surface area contributed by atoms with Crippen molar-refractivity contribution in [2.75, 3.05) is 13.1 Å². The molecule has 1 aromatic rings. The number of thiophene rings is 1. The summed E-state index contributed by atoms with van der Waals surface area (Å²) in [5.74, 6) is 1.63. The molecule has 1 aliphatic carbocycles. The Kier molecular flexibility index (Phi) is 5.03. The molecule has 0 spiro atoms. The van der Waals surface area contributed by atoms with Crippen LogP contribution in [0.1, 0.15) is 62.4 Å². The number of fused-ring (bicyclic) bond motifs is 1.